The van der Waals surface area contributed by atoms with Crippen molar-refractivity contribution in [3.05, 3.63) is 58.2 Å². The number of aromatic nitrogens is 1. The summed E-state index contributed by atoms with van der Waals surface area (Å²) in [5.74, 6) is 0.268. The average molecular weight is 377 g/mol. The van der Waals surface area contributed by atoms with Gasteiger partial charge in [0.2, 0.25) is 5.88 Å². The van der Waals surface area contributed by atoms with E-state index in [1.807, 2.05) is 24.3 Å². The van der Waals surface area contributed by atoms with Gasteiger partial charge < -0.3 is 14.4 Å². The number of ether oxygens (including phenoxy) is 2. The molecule has 120 valence electrons. The van der Waals surface area contributed by atoms with Crippen molar-refractivity contribution < 1.29 is 14.3 Å². The third kappa shape index (κ3) is 3.54. The fourth-order valence-electron chi connectivity index (χ4n) is 2.60. The van der Waals surface area contributed by atoms with E-state index in [1.54, 1.807) is 23.2 Å². The van der Waals surface area contributed by atoms with Crippen LogP contribution in [0.5, 0.6) is 5.88 Å². The molecule has 1 aliphatic rings. The van der Waals surface area contributed by atoms with E-state index in [1.165, 1.54) is 7.11 Å². The molecule has 1 unspecified atom stereocenters. The highest BCUT2D eigenvalue weighted by atomic mass is 79.9. The van der Waals surface area contributed by atoms with Crippen LogP contribution < -0.4 is 4.74 Å². The Bertz CT molecular complexity index is 690. The average Bonchev–Trinajstić information content (AvgIpc) is 2.62. The summed E-state index contributed by atoms with van der Waals surface area (Å²) in [5, 5.41) is 0. The van der Waals surface area contributed by atoms with Crippen molar-refractivity contribution in [2.75, 3.05) is 26.8 Å². The maximum atomic E-state index is 12.8. The molecule has 2 aromatic rings. The lowest BCUT2D eigenvalue weighted by Gasteiger charge is -2.33. The Labute approximate surface area is 143 Å². The molecule has 0 bridgehead atoms. The molecule has 2 heterocycles. The minimum absolute atomic E-state index is 0.0830. The molecule has 1 saturated heterocycles. The third-order valence-corrected chi connectivity index (χ3v) is 4.32. The van der Waals surface area contributed by atoms with Crippen molar-refractivity contribution in [2.45, 2.75) is 6.10 Å². The first-order valence-electron chi connectivity index (χ1n) is 7.34. The number of carbonyl (C=O) groups excluding carboxylic acids is 1. The number of morpholine rings is 1. The monoisotopic (exact) mass is 376 g/mol. The fraction of sp³-hybridized carbons (Fsp3) is 0.294. The van der Waals surface area contributed by atoms with Crippen LogP contribution in [0.1, 0.15) is 22.0 Å². The molecule has 1 aromatic heterocycles. The zero-order valence-corrected chi connectivity index (χ0v) is 14.3. The van der Waals surface area contributed by atoms with Crippen LogP contribution >= 0.6 is 15.9 Å². The number of methoxy groups -OCH3 is 1. The van der Waals surface area contributed by atoms with E-state index in [2.05, 4.69) is 20.9 Å². The number of rotatable bonds is 3. The van der Waals surface area contributed by atoms with E-state index in [0.29, 0.717) is 31.1 Å². The number of nitrogens with zero attached hydrogens (tertiary/aromatic N) is 2. The Kier molecular flexibility index (Phi) is 4.93. The van der Waals surface area contributed by atoms with Gasteiger partial charge in [-0.25, -0.2) is 4.98 Å². The van der Waals surface area contributed by atoms with Crippen molar-refractivity contribution in [3.8, 4) is 5.88 Å². The minimum atomic E-state index is -0.122. The Morgan fingerprint density at radius 1 is 1.35 bits per heavy atom. The summed E-state index contributed by atoms with van der Waals surface area (Å²) in [6, 6.07) is 11.4. The van der Waals surface area contributed by atoms with Gasteiger partial charge in [-0.2, -0.15) is 0 Å². The number of benzene rings is 1. The zero-order chi connectivity index (χ0) is 16.2. The molecule has 6 heteroatoms. The highest BCUT2D eigenvalue weighted by molar-refractivity contribution is 9.10. The van der Waals surface area contributed by atoms with Gasteiger partial charge in [0, 0.05) is 17.2 Å². The molecule has 1 fully saturated rings. The van der Waals surface area contributed by atoms with Crippen LogP contribution in [0.3, 0.4) is 0 Å². The lowest BCUT2D eigenvalue weighted by molar-refractivity contribution is -0.0229. The predicted octanol–water partition coefficient (Wildman–Crippen LogP) is 3.07. The van der Waals surface area contributed by atoms with E-state index in [0.717, 1.165) is 10.0 Å². The van der Waals surface area contributed by atoms with E-state index < -0.39 is 0 Å². The van der Waals surface area contributed by atoms with Crippen LogP contribution in [0.15, 0.2) is 47.1 Å². The normalized spacial score (nSPS) is 17.8. The molecule has 23 heavy (non-hydrogen) atoms. The van der Waals surface area contributed by atoms with Gasteiger partial charge in [0.05, 0.1) is 20.3 Å². The Morgan fingerprint density at radius 3 is 2.87 bits per heavy atom. The third-order valence-electron chi connectivity index (χ3n) is 3.79. The summed E-state index contributed by atoms with van der Waals surface area (Å²) in [6.45, 7) is 1.58. The first-order valence-corrected chi connectivity index (χ1v) is 8.13. The van der Waals surface area contributed by atoms with Crippen LogP contribution in [0.25, 0.3) is 0 Å². The molecule has 3 rings (SSSR count). The molecule has 0 saturated carbocycles. The molecule has 1 amide bonds. The number of carbonyl (C=O) groups is 1. The second-order valence-corrected chi connectivity index (χ2v) is 6.14. The molecular weight excluding hydrogens is 360 g/mol. The molecule has 1 aliphatic heterocycles. The smallest absolute Gasteiger partial charge is 0.259 e. The zero-order valence-electron chi connectivity index (χ0n) is 12.7. The predicted molar refractivity (Wildman–Crippen MR) is 89.5 cm³/mol. The summed E-state index contributed by atoms with van der Waals surface area (Å²) in [5.41, 5.74) is 1.54. The van der Waals surface area contributed by atoms with Crippen LogP contribution in [0.4, 0.5) is 0 Å². The summed E-state index contributed by atoms with van der Waals surface area (Å²) in [4.78, 5) is 18.6. The first-order chi connectivity index (χ1) is 11.2. The van der Waals surface area contributed by atoms with Crippen LogP contribution in [-0.4, -0.2) is 42.6 Å². The molecule has 0 N–H and O–H groups in total. The van der Waals surface area contributed by atoms with Crippen molar-refractivity contribution in [3.63, 3.8) is 0 Å². The molecule has 0 spiro atoms. The van der Waals surface area contributed by atoms with Crippen molar-refractivity contribution >= 4 is 21.8 Å². The second-order valence-electron chi connectivity index (χ2n) is 5.22. The first kappa shape index (κ1) is 16.0. The van der Waals surface area contributed by atoms with Gasteiger partial charge in [0.15, 0.2) is 0 Å². The maximum absolute atomic E-state index is 12.8. The Balaban J connectivity index is 1.78. The fourth-order valence-corrected chi connectivity index (χ4v) is 2.86. The number of pyridine rings is 1. The minimum Gasteiger partial charge on any atom is -0.480 e. The topological polar surface area (TPSA) is 51.7 Å². The molecular formula is C17H17BrN2O3. The lowest BCUT2D eigenvalue weighted by atomic mass is 10.1. The highest BCUT2D eigenvalue weighted by Gasteiger charge is 2.27. The van der Waals surface area contributed by atoms with E-state index in [9.17, 15) is 4.79 Å². The van der Waals surface area contributed by atoms with Gasteiger partial charge in [0.1, 0.15) is 11.7 Å². The summed E-state index contributed by atoms with van der Waals surface area (Å²) in [6.07, 6.45) is 1.49. The summed E-state index contributed by atoms with van der Waals surface area (Å²) >= 11 is 3.42. The van der Waals surface area contributed by atoms with Crippen molar-refractivity contribution in [2.24, 2.45) is 0 Å². The number of hydrogen-bond acceptors (Lipinski definition) is 4. The summed E-state index contributed by atoms with van der Waals surface area (Å²) < 4.78 is 12.0. The van der Waals surface area contributed by atoms with Crippen LogP contribution in [-0.2, 0) is 4.74 Å². The second kappa shape index (κ2) is 7.10. The quantitative estimate of drug-likeness (QED) is 0.825. The molecule has 1 aromatic carbocycles. The number of amides is 1. The van der Waals surface area contributed by atoms with Gasteiger partial charge in [0.25, 0.3) is 5.91 Å². The molecule has 0 aliphatic carbocycles. The SMILES string of the molecule is COc1ncccc1C(=O)N1CCOC(c2ccc(Br)cc2)C1. The van der Waals surface area contributed by atoms with Gasteiger partial charge in [-0.05, 0) is 29.8 Å². The van der Waals surface area contributed by atoms with Gasteiger partial charge in [-0.1, -0.05) is 28.1 Å². The lowest BCUT2D eigenvalue weighted by Crippen LogP contribution is -2.42. The standard InChI is InChI=1S/C17H17BrN2O3/c1-22-16-14(3-2-8-19-16)17(21)20-9-10-23-15(11-20)12-4-6-13(18)7-5-12/h2-8,15H,9-11H2,1H3. The van der Waals surface area contributed by atoms with Gasteiger partial charge in [-0.15, -0.1) is 0 Å². The Hall–Kier alpha value is -1.92. The van der Waals surface area contributed by atoms with E-state index >= 15 is 0 Å². The number of hydrogen-bond donors (Lipinski definition) is 0. The highest BCUT2D eigenvalue weighted by Crippen LogP contribution is 2.26. The van der Waals surface area contributed by atoms with Crippen molar-refractivity contribution in [1.82, 2.24) is 9.88 Å². The maximum Gasteiger partial charge on any atom is 0.259 e. The van der Waals surface area contributed by atoms with Crippen molar-refractivity contribution in [1.29, 1.82) is 0 Å². The molecule has 1 atom stereocenters. The van der Waals surface area contributed by atoms with Gasteiger partial charge >= 0.3 is 0 Å². The van der Waals surface area contributed by atoms with E-state index in [-0.39, 0.29) is 12.0 Å². The molecule has 5 nitrogen and oxygen atoms in total. The van der Waals surface area contributed by atoms with Gasteiger partial charge in [-0.3, -0.25) is 4.79 Å². The van der Waals surface area contributed by atoms with Crippen LogP contribution in [0, 0.1) is 0 Å². The summed E-state index contributed by atoms with van der Waals surface area (Å²) in [7, 11) is 1.52. The molecule has 0 radical (unpaired) electrons. The van der Waals surface area contributed by atoms with Crippen LogP contribution in [0.2, 0.25) is 0 Å². The Morgan fingerprint density at radius 2 is 2.13 bits per heavy atom. The number of halogens is 1. The van der Waals surface area contributed by atoms with E-state index in [4.69, 9.17) is 9.47 Å². The largest absolute Gasteiger partial charge is 0.480 e.